The van der Waals surface area contributed by atoms with Gasteiger partial charge in [-0.1, -0.05) is 24.3 Å². The minimum atomic E-state index is -0.234. The van der Waals surface area contributed by atoms with Crippen LogP contribution in [-0.4, -0.2) is 18.4 Å². The zero-order chi connectivity index (χ0) is 12.0. The van der Waals surface area contributed by atoms with Gasteiger partial charge in [-0.05, 0) is 25.0 Å². The molecule has 0 unspecified atom stereocenters. The van der Waals surface area contributed by atoms with Crippen molar-refractivity contribution in [1.82, 2.24) is 0 Å². The van der Waals surface area contributed by atoms with Crippen molar-refractivity contribution in [3.63, 3.8) is 0 Å². The Labute approximate surface area is 95.4 Å². The first-order valence-corrected chi connectivity index (χ1v) is 5.34. The molecule has 86 valence electrons. The number of esters is 1. The topological polar surface area (TPSA) is 43.4 Å². The lowest BCUT2D eigenvalue weighted by Crippen LogP contribution is -2.08. The van der Waals surface area contributed by atoms with Gasteiger partial charge in [0.1, 0.15) is 5.78 Å². The minimum absolute atomic E-state index is 0.119. The molecule has 0 atom stereocenters. The predicted octanol–water partition coefficient (Wildman–Crippen LogP) is 1.92. The van der Waals surface area contributed by atoms with Gasteiger partial charge in [-0.2, -0.15) is 0 Å². The van der Waals surface area contributed by atoms with Gasteiger partial charge in [0.25, 0.3) is 0 Å². The molecular formula is C13H16O3. The SMILES string of the molecule is CCOC(=O)Cc1cccc(CC(C)=O)c1. The molecule has 1 rings (SSSR count). The number of carbonyl (C=O) groups is 2. The Balaban J connectivity index is 2.67. The van der Waals surface area contributed by atoms with Crippen LogP contribution in [0.3, 0.4) is 0 Å². The van der Waals surface area contributed by atoms with Crippen molar-refractivity contribution in [1.29, 1.82) is 0 Å². The minimum Gasteiger partial charge on any atom is -0.466 e. The number of Topliss-reactive ketones (excluding diaryl/α,β-unsaturated/α-hetero) is 1. The first kappa shape index (κ1) is 12.4. The van der Waals surface area contributed by atoms with Gasteiger partial charge in [-0.15, -0.1) is 0 Å². The standard InChI is InChI=1S/C13H16O3/c1-3-16-13(15)9-12-6-4-5-11(8-12)7-10(2)14/h4-6,8H,3,7,9H2,1-2H3. The summed E-state index contributed by atoms with van der Waals surface area (Å²) < 4.78 is 4.86. The molecule has 0 aliphatic carbocycles. The van der Waals surface area contributed by atoms with E-state index in [9.17, 15) is 9.59 Å². The van der Waals surface area contributed by atoms with E-state index >= 15 is 0 Å². The zero-order valence-corrected chi connectivity index (χ0v) is 9.66. The zero-order valence-electron chi connectivity index (χ0n) is 9.66. The van der Waals surface area contributed by atoms with Gasteiger partial charge < -0.3 is 4.74 Å². The summed E-state index contributed by atoms with van der Waals surface area (Å²) >= 11 is 0. The Morgan fingerprint density at radius 3 is 2.38 bits per heavy atom. The molecule has 0 N–H and O–H groups in total. The highest BCUT2D eigenvalue weighted by molar-refractivity contribution is 5.78. The van der Waals surface area contributed by atoms with E-state index in [1.165, 1.54) is 0 Å². The first-order valence-electron chi connectivity index (χ1n) is 5.34. The third-order valence-electron chi connectivity index (χ3n) is 2.10. The van der Waals surface area contributed by atoms with Crippen molar-refractivity contribution in [3.05, 3.63) is 35.4 Å². The van der Waals surface area contributed by atoms with Crippen LogP contribution in [-0.2, 0) is 27.2 Å². The first-order chi connectivity index (χ1) is 7.61. The van der Waals surface area contributed by atoms with E-state index < -0.39 is 0 Å². The van der Waals surface area contributed by atoms with Crippen molar-refractivity contribution in [3.8, 4) is 0 Å². The van der Waals surface area contributed by atoms with Gasteiger partial charge in [0.2, 0.25) is 0 Å². The van der Waals surface area contributed by atoms with Crippen LogP contribution in [0.25, 0.3) is 0 Å². The van der Waals surface area contributed by atoms with E-state index in [2.05, 4.69) is 0 Å². The lowest BCUT2D eigenvalue weighted by atomic mass is 10.0. The molecule has 1 aromatic rings. The van der Waals surface area contributed by atoms with E-state index in [1.54, 1.807) is 13.8 Å². The van der Waals surface area contributed by atoms with Crippen LogP contribution in [0.4, 0.5) is 0 Å². The average Bonchev–Trinajstić information content (AvgIpc) is 2.17. The Morgan fingerprint density at radius 1 is 1.19 bits per heavy atom. The van der Waals surface area contributed by atoms with Gasteiger partial charge in [-0.3, -0.25) is 9.59 Å². The summed E-state index contributed by atoms with van der Waals surface area (Å²) in [5.74, 6) is -0.115. The highest BCUT2D eigenvalue weighted by atomic mass is 16.5. The summed E-state index contributed by atoms with van der Waals surface area (Å²) in [6, 6.07) is 7.47. The summed E-state index contributed by atoms with van der Waals surface area (Å²) in [5, 5.41) is 0. The van der Waals surface area contributed by atoms with Gasteiger partial charge in [-0.25, -0.2) is 0 Å². The third kappa shape index (κ3) is 4.26. The normalized spacial score (nSPS) is 9.88. The summed E-state index contributed by atoms with van der Waals surface area (Å²) in [7, 11) is 0. The van der Waals surface area contributed by atoms with Crippen molar-refractivity contribution < 1.29 is 14.3 Å². The predicted molar refractivity (Wildman–Crippen MR) is 61.2 cm³/mol. The highest BCUT2D eigenvalue weighted by Gasteiger charge is 2.05. The fraction of sp³-hybridized carbons (Fsp3) is 0.385. The third-order valence-corrected chi connectivity index (χ3v) is 2.10. The molecule has 3 heteroatoms. The lowest BCUT2D eigenvalue weighted by molar-refractivity contribution is -0.142. The highest BCUT2D eigenvalue weighted by Crippen LogP contribution is 2.08. The second kappa shape index (κ2) is 6.05. The number of hydrogen-bond acceptors (Lipinski definition) is 3. The van der Waals surface area contributed by atoms with Crippen LogP contribution in [0.1, 0.15) is 25.0 Å². The Hall–Kier alpha value is -1.64. The average molecular weight is 220 g/mol. The molecule has 3 nitrogen and oxygen atoms in total. The van der Waals surface area contributed by atoms with Crippen LogP contribution < -0.4 is 0 Å². The fourth-order valence-corrected chi connectivity index (χ4v) is 1.52. The second-order valence-corrected chi connectivity index (χ2v) is 3.68. The van der Waals surface area contributed by atoms with E-state index in [-0.39, 0.29) is 18.2 Å². The van der Waals surface area contributed by atoms with E-state index in [0.29, 0.717) is 13.0 Å². The second-order valence-electron chi connectivity index (χ2n) is 3.68. The Bertz CT molecular complexity index is 383. The van der Waals surface area contributed by atoms with Gasteiger partial charge in [0.15, 0.2) is 0 Å². The van der Waals surface area contributed by atoms with E-state index in [4.69, 9.17) is 4.74 Å². The monoisotopic (exact) mass is 220 g/mol. The Kier molecular flexibility index (Phi) is 4.70. The van der Waals surface area contributed by atoms with Crippen LogP contribution in [0, 0.1) is 0 Å². The maximum absolute atomic E-state index is 11.3. The molecule has 0 fully saturated rings. The molecule has 0 aliphatic rings. The molecular weight excluding hydrogens is 204 g/mol. The summed E-state index contributed by atoms with van der Waals surface area (Å²) in [6.07, 6.45) is 0.677. The van der Waals surface area contributed by atoms with Crippen LogP contribution in [0.5, 0.6) is 0 Å². The van der Waals surface area contributed by atoms with Gasteiger partial charge >= 0.3 is 5.97 Å². The van der Waals surface area contributed by atoms with Crippen LogP contribution in [0.15, 0.2) is 24.3 Å². The van der Waals surface area contributed by atoms with Crippen LogP contribution in [0.2, 0.25) is 0 Å². The molecule has 1 aromatic carbocycles. The number of ether oxygens (including phenoxy) is 1. The molecule has 0 saturated heterocycles. The molecule has 0 radical (unpaired) electrons. The summed E-state index contributed by atoms with van der Waals surface area (Å²) in [5.41, 5.74) is 1.83. The van der Waals surface area contributed by atoms with Crippen molar-refractivity contribution in [2.75, 3.05) is 6.61 Å². The van der Waals surface area contributed by atoms with Crippen molar-refractivity contribution >= 4 is 11.8 Å². The van der Waals surface area contributed by atoms with Crippen LogP contribution >= 0.6 is 0 Å². The molecule has 0 spiro atoms. The van der Waals surface area contributed by atoms with E-state index in [0.717, 1.165) is 11.1 Å². The summed E-state index contributed by atoms with van der Waals surface area (Å²) in [4.78, 5) is 22.2. The van der Waals surface area contributed by atoms with Crippen molar-refractivity contribution in [2.24, 2.45) is 0 Å². The van der Waals surface area contributed by atoms with Gasteiger partial charge in [0.05, 0.1) is 13.0 Å². The van der Waals surface area contributed by atoms with E-state index in [1.807, 2.05) is 24.3 Å². The maximum Gasteiger partial charge on any atom is 0.310 e. The smallest absolute Gasteiger partial charge is 0.310 e. The maximum atomic E-state index is 11.3. The number of hydrogen-bond donors (Lipinski definition) is 0. The number of rotatable bonds is 5. The Morgan fingerprint density at radius 2 is 1.81 bits per heavy atom. The molecule has 0 bridgehead atoms. The molecule has 0 aromatic heterocycles. The molecule has 0 aliphatic heterocycles. The number of ketones is 1. The molecule has 0 amide bonds. The summed E-state index contributed by atoms with van der Waals surface area (Å²) in [6.45, 7) is 3.73. The van der Waals surface area contributed by atoms with Gasteiger partial charge in [0, 0.05) is 6.42 Å². The number of benzene rings is 1. The number of carbonyl (C=O) groups excluding carboxylic acids is 2. The molecule has 16 heavy (non-hydrogen) atoms. The molecule has 0 heterocycles. The largest absolute Gasteiger partial charge is 0.466 e. The molecule has 0 saturated carbocycles. The quantitative estimate of drug-likeness (QED) is 0.712. The fourth-order valence-electron chi connectivity index (χ4n) is 1.52. The van der Waals surface area contributed by atoms with Crippen molar-refractivity contribution in [2.45, 2.75) is 26.7 Å². The lowest BCUT2D eigenvalue weighted by Gasteiger charge is -2.04.